The number of hydrogen-bond acceptors (Lipinski definition) is 3. The molecule has 0 spiro atoms. The molecule has 134 valence electrons. The van der Waals surface area contributed by atoms with Crippen LogP contribution in [0.25, 0.3) is 10.9 Å². The summed E-state index contributed by atoms with van der Waals surface area (Å²) < 4.78 is 2.14. The van der Waals surface area contributed by atoms with E-state index in [1.165, 1.54) is 11.3 Å². The predicted molar refractivity (Wildman–Crippen MR) is 112 cm³/mol. The number of nitrogens with one attached hydrogen (secondary N) is 1. The van der Waals surface area contributed by atoms with E-state index in [0.29, 0.717) is 11.4 Å². The topological polar surface area (TPSA) is 46.4 Å². The van der Waals surface area contributed by atoms with Crippen LogP contribution in [-0.2, 0) is 6.54 Å². The molecule has 2 aromatic carbocycles. The van der Waals surface area contributed by atoms with E-state index in [9.17, 15) is 4.79 Å². The Balaban J connectivity index is 1.61. The van der Waals surface area contributed by atoms with Crippen molar-refractivity contribution in [1.82, 2.24) is 9.99 Å². The highest BCUT2D eigenvalue weighted by Crippen LogP contribution is 2.23. The number of rotatable bonds is 5. The molecule has 2 aromatic heterocycles. The normalized spacial score (nSPS) is 11.3. The number of carbonyl (C=O) groups is 1. The molecule has 2 heterocycles. The third kappa shape index (κ3) is 3.79. The van der Waals surface area contributed by atoms with Crippen molar-refractivity contribution in [3.63, 3.8) is 0 Å². The lowest BCUT2D eigenvalue weighted by atomic mass is 10.2. The second kappa shape index (κ2) is 7.78. The van der Waals surface area contributed by atoms with Crippen molar-refractivity contribution in [2.75, 3.05) is 0 Å². The Morgan fingerprint density at radius 1 is 1.11 bits per heavy atom. The number of para-hydroxylation sites is 1. The molecule has 27 heavy (non-hydrogen) atoms. The van der Waals surface area contributed by atoms with E-state index in [4.69, 9.17) is 11.6 Å². The SMILES string of the molecule is O=C(N/N=C/c1cn(Cc2ccccc2Cl)c2ccccc12)c1cccs1. The van der Waals surface area contributed by atoms with Crippen LogP contribution in [-0.4, -0.2) is 16.7 Å². The highest BCUT2D eigenvalue weighted by molar-refractivity contribution is 7.12. The van der Waals surface area contributed by atoms with Crippen molar-refractivity contribution in [3.8, 4) is 0 Å². The fourth-order valence-electron chi connectivity index (χ4n) is 2.94. The first-order valence-corrected chi connectivity index (χ1v) is 9.66. The molecule has 0 unspecified atom stereocenters. The number of nitrogens with zero attached hydrogens (tertiary/aromatic N) is 2. The number of thiophene rings is 1. The van der Waals surface area contributed by atoms with Gasteiger partial charge >= 0.3 is 0 Å². The molecule has 1 N–H and O–H groups in total. The molecule has 0 bridgehead atoms. The number of hydrazone groups is 1. The summed E-state index contributed by atoms with van der Waals surface area (Å²) in [5.41, 5.74) is 5.65. The standard InChI is InChI=1S/C21H16ClN3OS/c22-18-8-3-1-6-15(18)13-25-14-16(17-7-2-4-9-19(17)25)12-23-24-21(26)20-10-5-11-27-20/h1-12,14H,13H2,(H,24,26)/b23-12+. The first-order chi connectivity index (χ1) is 13.2. The van der Waals surface area contributed by atoms with E-state index < -0.39 is 0 Å². The van der Waals surface area contributed by atoms with Crippen LogP contribution in [0.5, 0.6) is 0 Å². The van der Waals surface area contributed by atoms with Gasteiger partial charge in [-0.2, -0.15) is 5.10 Å². The van der Waals surface area contributed by atoms with Crippen LogP contribution in [0, 0.1) is 0 Å². The Bertz CT molecular complexity index is 1120. The smallest absolute Gasteiger partial charge is 0.281 e. The lowest BCUT2D eigenvalue weighted by molar-refractivity contribution is 0.0959. The van der Waals surface area contributed by atoms with Gasteiger partial charge in [-0.25, -0.2) is 5.43 Å². The molecule has 0 aliphatic heterocycles. The van der Waals surface area contributed by atoms with E-state index >= 15 is 0 Å². The van der Waals surface area contributed by atoms with Gasteiger partial charge in [-0.15, -0.1) is 11.3 Å². The first-order valence-electron chi connectivity index (χ1n) is 8.40. The van der Waals surface area contributed by atoms with Gasteiger partial charge in [-0.3, -0.25) is 4.79 Å². The summed E-state index contributed by atoms with van der Waals surface area (Å²) in [6.07, 6.45) is 3.70. The lowest BCUT2D eigenvalue weighted by Gasteiger charge is -2.07. The minimum absolute atomic E-state index is 0.207. The zero-order chi connectivity index (χ0) is 18.6. The van der Waals surface area contributed by atoms with Crippen molar-refractivity contribution in [3.05, 3.63) is 93.3 Å². The van der Waals surface area contributed by atoms with Gasteiger partial charge in [-0.05, 0) is 29.1 Å². The number of hydrogen-bond donors (Lipinski definition) is 1. The Morgan fingerprint density at radius 3 is 2.74 bits per heavy atom. The first kappa shape index (κ1) is 17.5. The van der Waals surface area contributed by atoms with Gasteiger partial charge in [0.1, 0.15) is 0 Å². The minimum Gasteiger partial charge on any atom is -0.342 e. The van der Waals surface area contributed by atoms with Gasteiger partial charge < -0.3 is 4.57 Å². The molecule has 4 rings (SSSR count). The van der Waals surface area contributed by atoms with E-state index in [0.717, 1.165) is 27.1 Å². The van der Waals surface area contributed by atoms with Gasteiger partial charge in [0.15, 0.2) is 0 Å². The number of carbonyl (C=O) groups excluding carboxylic acids is 1. The number of amides is 1. The molecule has 0 saturated heterocycles. The zero-order valence-corrected chi connectivity index (χ0v) is 15.9. The van der Waals surface area contributed by atoms with Gasteiger partial charge in [-0.1, -0.05) is 54.1 Å². The van der Waals surface area contributed by atoms with Crippen LogP contribution in [0.2, 0.25) is 5.02 Å². The third-order valence-corrected chi connectivity index (χ3v) is 5.47. The maximum atomic E-state index is 12.0. The van der Waals surface area contributed by atoms with Crippen molar-refractivity contribution in [1.29, 1.82) is 0 Å². The molecule has 0 saturated carbocycles. The fourth-order valence-corrected chi connectivity index (χ4v) is 3.75. The second-order valence-electron chi connectivity index (χ2n) is 6.00. The summed E-state index contributed by atoms with van der Waals surface area (Å²) in [6.45, 7) is 0.662. The number of halogens is 1. The zero-order valence-electron chi connectivity index (χ0n) is 14.3. The third-order valence-electron chi connectivity index (χ3n) is 4.23. The molecule has 6 heteroatoms. The molecule has 0 aliphatic carbocycles. The van der Waals surface area contributed by atoms with Crippen LogP contribution >= 0.6 is 22.9 Å². The number of fused-ring (bicyclic) bond motifs is 1. The molecule has 0 aliphatic rings. The Kier molecular flexibility index (Phi) is 5.05. The molecule has 0 atom stereocenters. The molecule has 0 fully saturated rings. The van der Waals surface area contributed by atoms with Crippen LogP contribution in [0.15, 0.2) is 77.3 Å². The lowest BCUT2D eigenvalue weighted by Crippen LogP contribution is -2.16. The fraction of sp³-hybridized carbons (Fsp3) is 0.0476. The summed E-state index contributed by atoms with van der Waals surface area (Å²) in [5.74, 6) is -0.207. The van der Waals surface area contributed by atoms with Crippen molar-refractivity contribution >= 4 is 46.0 Å². The van der Waals surface area contributed by atoms with Crippen LogP contribution < -0.4 is 5.43 Å². The summed E-state index contributed by atoms with van der Waals surface area (Å²) >= 11 is 7.70. The summed E-state index contributed by atoms with van der Waals surface area (Å²) in [7, 11) is 0. The van der Waals surface area contributed by atoms with E-state index in [2.05, 4.69) is 21.2 Å². The van der Waals surface area contributed by atoms with Gasteiger partial charge in [0.2, 0.25) is 0 Å². The van der Waals surface area contributed by atoms with Crippen LogP contribution in [0.3, 0.4) is 0 Å². The Hall–Kier alpha value is -2.89. The van der Waals surface area contributed by atoms with Gasteiger partial charge in [0.25, 0.3) is 5.91 Å². The quantitative estimate of drug-likeness (QED) is 0.369. The Labute approximate surface area is 165 Å². The second-order valence-corrected chi connectivity index (χ2v) is 7.35. The predicted octanol–water partition coefficient (Wildman–Crippen LogP) is 5.17. The number of aromatic nitrogens is 1. The molecule has 4 nitrogen and oxygen atoms in total. The molecule has 1 amide bonds. The van der Waals surface area contributed by atoms with E-state index in [1.807, 2.05) is 60.1 Å². The average molecular weight is 394 g/mol. The largest absolute Gasteiger partial charge is 0.342 e. The van der Waals surface area contributed by atoms with E-state index in [1.54, 1.807) is 12.3 Å². The van der Waals surface area contributed by atoms with Crippen molar-refractivity contribution in [2.24, 2.45) is 5.10 Å². The summed E-state index contributed by atoms with van der Waals surface area (Å²) in [6, 6.07) is 19.5. The van der Waals surface area contributed by atoms with Gasteiger partial charge in [0, 0.05) is 34.2 Å². The van der Waals surface area contributed by atoms with Crippen LogP contribution in [0.4, 0.5) is 0 Å². The highest BCUT2D eigenvalue weighted by Gasteiger charge is 2.09. The molecule has 0 radical (unpaired) electrons. The molecular weight excluding hydrogens is 378 g/mol. The van der Waals surface area contributed by atoms with E-state index in [-0.39, 0.29) is 5.91 Å². The van der Waals surface area contributed by atoms with Gasteiger partial charge in [0.05, 0.1) is 11.1 Å². The summed E-state index contributed by atoms with van der Waals surface area (Å²) in [4.78, 5) is 12.6. The molecule has 4 aromatic rings. The maximum Gasteiger partial charge on any atom is 0.281 e. The number of benzene rings is 2. The van der Waals surface area contributed by atoms with Crippen molar-refractivity contribution < 1.29 is 4.79 Å². The maximum absolute atomic E-state index is 12.0. The Morgan fingerprint density at radius 2 is 1.93 bits per heavy atom. The summed E-state index contributed by atoms with van der Waals surface area (Å²) in [5, 5.41) is 7.80. The van der Waals surface area contributed by atoms with Crippen molar-refractivity contribution in [2.45, 2.75) is 6.54 Å². The van der Waals surface area contributed by atoms with Crippen LogP contribution in [0.1, 0.15) is 20.8 Å². The minimum atomic E-state index is -0.207. The molecular formula is C21H16ClN3OS. The average Bonchev–Trinajstić information content (AvgIpc) is 3.33. The highest BCUT2D eigenvalue weighted by atomic mass is 35.5. The monoisotopic (exact) mass is 393 g/mol.